The maximum atomic E-state index is 13.1. The summed E-state index contributed by atoms with van der Waals surface area (Å²) in [4.78, 5) is 17.5. The first-order chi connectivity index (χ1) is 19.8. The van der Waals surface area contributed by atoms with E-state index in [1.807, 2.05) is 17.0 Å². The summed E-state index contributed by atoms with van der Waals surface area (Å²) in [6.45, 7) is 4.66. The van der Waals surface area contributed by atoms with E-state index in [-0.39, 0.29) is 24.5 Å². The van der Waals surface area contributed by atoms with Crippen LogP contribution < -0.4 is 14.8 Å². The highest BCUT2D eigenvalue weighted by Gasteiger charge is 2.28. The first-order valence-electron chi connectivity index (χ1n) is 14.9. The molecule has 1 aliphatic heterocycles. The van der Waals surface area contributed by atoms with Crippen molar-refractivity contribution in [3.63, 3.8) is 0 Å². The number of carbonyl (C=O) groups is 1. The van der Waals surface area contributed by atoms with Gasteiger partial charge in [0.1, 0.15) is 11.5 Å². The Labute approximate surface area is 257 Å². The molecule has 2 aliphatic rings. The average Bonchev–Trinajstić information content (AvgIpc) is 2.96. The molecule has 4 rings (SSSR count). The van der Waals surface area contributed by atoms with E-state index in [9.17, 15) is 13.2 Å². The van der Waals surface area contributed by atoms with Crippen LogP contribution in [0.25, 0.3) is 0 Å². The molecule has 2 aromatic carbocycles. The lowest BCUT2D eigenvalue weighted by molar-refractivity contribution is 0.0928. The van der Waals surface area contributed by atoms with Gasteiger partial charge < -0.3 is 19.7 Å². The van der Waals surface area contributed by atoms with Gasteiger partial charge in [-0.15, -0.1) is 12.4 Å². The van der Waals surface area contributed by atoms with Gasteiger partial charge in [-0.2, -0.15) is 0 Å². The average molecular weight is 623 g/mol. The molecular formula is C31H47ClN4O5S. The largest absolute Gasteiger partial charge is 0.457 e. The van der Waals surface area contributed by atoms with Crippen LogP contribution in [-0.2, 0) is 21.3 Å². The first kappa shape index (κ1) is 34.0. The maximum Gasteiger partial charge on any atom is 0.317 e. The summed E-state index contributed by atoms with van der Waals surface area (Å²) >= 11 is 0. The first-order valence-corrected chi connectivity index (χ1v) is 16.8. The van der Waals surface area contributed by atoms with Crippen LogP contribution in [0.3, 0.4) is 0 Å². The Hall–Kier alpha value is -2.53. The van der Waals surface area contributed by atoms with Gasteiger partial charge >= 0.3 is 6.03 Å². The number of benzene rings is 2. The highest BCUT2D eigenvalue weighted by molar-refractivity contribution is 7.92. The number of hydrogen-bond acceptors (Lipinski definition) is 6. The smallest absolute Gasteiger partial charge is 0.317 e. The van der Waals surface area contributed by atoms with Crippen LogP contribution in [0.2, 0.25) is 0 Å². The summed E-state index contributed by atoms with van der Waals surface area (Å²) in [6, 6.07) is 15.1. The van der Waals surface area contributed by atoms with Gasteiger partial charge in [-0.05, 0) is 67.1 Å². The molecule has 0 radical (unpaired) electrons. The Balaban J connectivity index is 0.00000484. The molecule has 2 amide bonds. The summed E-state index contributed by atoms with van der Waals surface area (Å²) in [6.07, 6.45) is 10.7. The second kappa shape index (κ2) is 16.9. The summed E-state index contributed by atoms with van der Waals surface area (Å²) in [7, 11) is -1.62. The van der Waals surface area contributed by atoms with E-state index >= 15 is 0 Å². The predicted octanol–water partition coefficient (Wildman–Crippen LogP) is 5.87. The van der Waals surface area contributed by atoms with E-state index in [1.54, 1.807) is 31.4 Å². The quantitative estimate of drug-likeness (QED) is 0.290. The molecule has 234 valence electrons. The van der Waals surface area contributed by atoms with Crippen molar-refractivity contribution in [3.05, 3.63) is 54.1 Å². The van der Waals surface area contributed by atoms with Crippen LogP contribution in [0, 0.1) is 5.92 Å². The van der Waals surface area contributed by atoms with E-state index in [2.05, 4.69) is 27.1 Å². The molecule has 1 saturated carbocycles. The number of anilines is 1. The van der Waals surface area contributed by atoms with Crippen LogP contribution >= 0.6 is 12.4 Å². The topological polar surface area (TPSA) is 100 Å². The molecule has 0 aromatic heterocycles. The molecule has 0 atom stereocenters. The molecule has 2 fully saturated rings. The summed E-state index contributed by atoms with van der Waals surface area (Å²) < 4.78 is 36.4. The standard InChI is InChI=1S/C31H46N4O5S.ClH/c1-39-23-22-35(31(36)32-19-16-25-6-4-3-5-7-25)28-17-20-34(21-18-28)24-26-8-12-29(13-9-26)40-30-14-10-27(11-15-30)33-41(2,37)38;/h8-15,25,28,33H,3-7,16-24H2,1-2H3,(H,32,36);1H. The highest BCUT2D eigenvalue weighted by Crippen LogP contribution is 2.27. The maximum absolute atomic E-state index is 13.1. The van der Waals surface area contributed by atoms with Crippen molar-refractivity contribution < 1.29 is 22.7 Å². The number of urea groups is 1. The third-order valence-corrected chi connectivity index (χ3v) is 8.68. The number of amides is 2. The zero-order valence-electron chi connectivity index (χ0n) is 24.9. The van der Waals surface area contributed by atoms with Gasteiger partial charge in [0.05, 0.1) is 12.9 Å². The number of sulfonamides is 1. The molecule has 2 N–H and O–H groups in total. The Kier molecular flexibility index (Phi) is 13.7. The second-order valence-electron chi connectivity index (χ2n) is 11.4. The van der Waals surface area contributed by atoms with Crippen molar-refractivity contribution in [2.45, 2.75) is 64.0 Å². The number of methoxy groups -OCH3 is 1. The normalized spacial score (nSPS) is 16.8. The molecule has 2 aromatic rings. The van der Waals surface area contributed by atoms with E-state index in [1.165, 1.54) is 37.7 Å². The minimum absolute atomic E-state index is 0. The molecule has 1 saturated heterocycles. The fourth-order valence-corrected chi connectivity index (χ4v) is 6.42. The zero-order chi connectivity index (χ0) is 29.1. The Morgan fingerprint density at radius 3 is 2.17 bits per heavy atom. The van der Waals surface area contributed by atoms with Gasteiger partial charge in [-0.1, -0.05) is 44.2 Å². The number of piperidine rings is 1. The molecule has 1 heterocycles. The third-order valence-electron chi connectivity index (χ3n) is 8.07. The van der Waals surface area contributed by atoms with E-state index < -0.39 is 10.0 Å². The Morgan fingerprint density at radius 2 is 1.57 bits per heavy atom. The number of nitrogens with one attached hydrogen (secondary N) is 2. The van der Waals surface area contributed by atoms with Gasteiger partial charge in [0.15, 0.2) is 0 Å². The van der Waals surface area contributed by atoms with E-state index in [0.29, 0.717) is 24.6 Å². The molecule has 0 unspecified atom stereocenters. The van der Waals surface area contributed by atoms with Crippen molar-refractivity contribution in [1.29, 1.82) is 0 Å². The summed E-state index contributed by atoms with van der Waals surface area (Å²) in [5, 5.41) is 3.20. The van der Waals surface area contributed by atoms with Crippen LogP contribution in [-0.4, -0.2) is 76.4 Å². The number of likely N-dealkylation sites (tertiary alicyclic amines) is 1. The second-order valence-corrected chi connectivity index (χ2v) is 13.1. The molecule has 1 aliphatic carbocycles. The lowest BCUT2D eigenvalue weighted by atomic mass is 9.87. The fourth-order valence-electron chi connectivity index (χ4n) is 5.85. The number of hydrogen-bond donors (Lipinski definition) is 2. The highest BCUT2D eigenvalue weighted by atomic mass is 35.5. The fraction of sp³-hybridized carbons (Fsp3) is 0.581. The third kappa shape index (κ3) is 11.3. The number of carbonyl (C=O) groups excluding carboxylic acids is 1. The van der Waals surface area contributed by atoms with Crippen LogP contribution in [0.1, 0.15) is 56.9 Å². The van der Waals surface area contributed by atoms with Gasteiger partial charge in [-0.25, -0.2) is 13.2 Å². The molecule has 9 nitrogen and oxygen atoms in total. The van der Waals surface area contributed by atoms with Gasteiger partial charge in [0.25, 0.3) is 0 Å². The van der Waals surface area contributed by atoms with Crippen molar-refractivity contribution in [2.24, 2.45) is 5.92 Å². The van der Waals surface area contributed by atoms with Gasteiger partial charge in [-0.3, -0.25) is 9.62 Å². The monoisotopic (exact) mass is 622 g/mol. The molecule has 42 heavy (non-hydrogen) atoms. The number of rotatable bonds is 13. The van der Waals surface area contributed by atoms with Crippen LogP contribution in [0.4, 0.5) is 10.5 Å². The SMILES string of the molecule is COCCN(C(=O)NCCC1CCCCC1)C1CCN(Cc2ccc(Oc3ccc(NS(C)(=O)=O)cc3)cc2)CC1.Cl. The van der Waals surface area contributed by atoms with Crippen molar-refractivity contribution in [2.75, 3.05) is 50.9 Å². The summed E-state index contributed by atoms with van der Waals surface area (Å²) in [5.74, 6) is 2.12. The lowest BCUT2D eigenvalue weighted by Gasteiger charge is -2.38. The predicted molar refractivity (Wildman–Crippen MR) is 170 cm³/mol. The molecular weight excluding hydrogens is 576 g/mol. The van der Waals surface area contributed by atoms with Crippen LogP contribution in [0.5, 0.6) is 11.5 Å². The Bertz CT molecular complexity index is 1180. The minimum atomic E-state index is -3.31. The van der Waals surface area contributed by atoms with E-state index in [4.69, 9.17) is 9.47 Å². The van der Waals surface area contributed by atoms with Gasteiger partial charge in [0, 0.05) is 51.6 Å². The number of nitrogens with zero attached hydrogens (tertiary/aromatic N) is 2. The molecule has 0 spiro atoms. The van der Waals surface area contributed by atoms with Crippen molar-refractivity contribution in [3.8, 4) is 11.5 Å². The molecule has 11 heteroatoms. The number of ether oxygens (including phenoxy) is 2. The Morgan fingerprint density at radius 1 is 0.952 bits per heavy atom. The lowest BCUT2D eigenvalue weighted by Crippen LogP contribution is -2.51. The van der Waals surface area contributed by atoms with E-state index in [0.717, 1.165) is 63.4 Å². The van der Waals surface area contributed by atoms with Crippen molar-refractivity contribution in [1.82, 2.24) is 15.1 Å². The number of halogens is 1. The summed E-state index contributed by atoms with van der Waals surface area (Å²) in [5.41, 5.74) is 1.70. The molecule has 0 bridgehead atoms. The zero-order valence-corrected chi connectivity index (χ0v) is 26.6. The minimum Gasteiger partial charge on any atom is -0.457 e. The van der Waals surface area contributed by atoms with Gasteiger partial charge in [0.2, 0.25) is 10.0 Å². The van der Waals surface area contributed by atoms with Crippen LogP contribution in [0.15, 0.2) is 48.5 Å². The van der Waals surface area contributed by atoms with Crippen molar-refractivity contribution >= 4 is 34.1 Å².